The molecular weight excluding hydrogens is 361 g/mol. The molecule has 0 aliphatic carbocycles. The van der Waals surface area contributed by atoms with Gasteiger partial charge in [0.15, 0.2) is 0 Å². The van der Waals surface area contributed by atoms with Crippen molar-refractivity contribution in [1.29, 1.82) is 0 Å². The van der Waals surface area contributed by atoms with Crippen LogP contribution in [0.3, 0.4) is 0 Å². The highest BCUT2D eigenvalue weighted by molar-refractivity contribution is 5.69. The fourth-order valence-corrected chi connectivity index (χ4v) is 2.91. The Labute approximate surface area is 164 Å². The van der Waals surface area contributed by atoms with E-state index < -0.39 is 5.97 Å². The van der Waals surface area contributed by atoms with E-state index >= 15 is 0 Å². The topological polar surface area (TPSA) is 73.2 Å². The molecule has 2 aromatic rings. The number of rotatable bonds is 6. The molecule has 6 nitrogen and oxygen atoms in total. The van der Waals surface area contributed by atoms with Crippen LogP contribution in [-0.2, 0) is 28.9 Å². The summed E-state index contributed by atoms with van der Waals surface area (Å²) in [4.78, 5) is 28.9. The highest BCUT2D eigenvalue weighted by atomic mass is 19.1. The number of halogens is 1. The third-order valence-electron chi connectivity index (χ3n) is 4.29. The number of aromatic nitrogens is 2. The molecule has 0 atom stereocenters. The molecule has 0 saturated carbocycles. The van der Waals surface area contributed by atoms with E-state index in [1.807, 2.05) is 0 Å². The number of aryl methyl sites for hydroxylation is 2. The van der Waals surface area contributed by atoms with E-state index in [9.17, 15) is 14.0 Å². The van der Waals surface area contributed by atoms with Crippen LogP contribution in [0.2, 0.25) is 0 Å². The van der Waals surface area contributed by atoms with Crippen molar-refractivity contribution in [2.24, 2.45) is 0 Å². The van der Waals surface area contributed by atoms with Gasteiger partial charge in [-0.05, 0) is 38.3 Å². The number of hydrogen-bond acceptors (Lipinski definition) is 5. The normalized spacial score (nSPS) is 12.2. The first kappa shape index (κ1) is 21.6. The van der Waals surface area contributed by atoms with Crippen LogP contribution in [0.5, 0.6) is 0 Å². The molecule has 0 spiro atoms. The molecule has 1 aliphatic heterocycles. The summed E-state index contributed by atoms with van der Waals surface area (Å²) >= 11 is 0. The minimum atomic E-state index is -0.394. The van der Waals surface area contributed by atoms with Crippen molar-refractivity contribution in [2.45, 2.75) is 52.5 Å². The van der Waals surface area contributed by atoms with Crippen LogP contribution in [-0.4, -0.2) is 28.7 Å². The standard InChI is InChI=1S/C15H23N3O3.C6H5F/c1-3-5-8-12-17-11-7-6-9-16-14(11)15(20)18(12)10-13(19)21-4-2;7-6-4-2-1-3-5-6/h16H,3-10H2,1-2H3;1-5H. The van der Waals surface area contributed by atoms with Gasteiger partial charge in [-0.1, -0.05) is 31.5 Å². The predicted molar refractivity (Wildman–Crippen MR) is 107 cm³/mol. The Morgan fingerprint density at radius 1 is 1.29 bits per heavy atom. The van der Waals surface area contributed by atoms with Gasteiger partial charge in [0.1, 0.15) is 23.9 Å². The highest BCUT2D eigenvalue weighted by Crippen LogP contribution is 2.17. The maximum atomic E-state index is 12.6. The summed E-state index contributed by atoms with van der Waals surface area (Å²) in [5.74, 6) is 0.120. The zero-order valence-electron chi connectivity index (χ0n) is 16.5. The number of unbranched alkanes of at least 4 members (excludes halogenated alkanes) is 1. The first-order valence-electron chi connectivity index (χ1n) is 9.79. The number of hydrogen-bond donors (Lipinski definition) is 1. The van der Waals surface area contributed by atoms with Gasteiger partial charge in [-0.25, -0.2) is 9.37 Å². The van der Waals surface area contributed by atoms with Crippen LogP contribution >= 0.6 is 0 Å². The summed E-state index contributed by atoms with van der Waals surface area (Å²) in [6.07, 6.45) is 4.47. The number of nitrogens with one attached hydrogen (secondary N) is 1. The molecule has 0 unspecified atom stereocenters. The molecule has 1 N–H and O–H groups in total. The largest absolute Gasteiger partial charge is 0.465 e. The number of benzene rings is 1. The number of carbonyl (C=O) groups excluding carboxylic acids is 1. The van der Waals surface area contributed by atoms with Crippen LogP contribution in [0.15, 0.2) is 35.1 Å². The van der Waals surface area contributed by atoms with E-state index in [4.69, 9.17) is 4.74 Å². The predicted octanol–water partition coefficient (Wildman–Crippen LogP) is 3.33. The third-order valence-corrected chi connectivity index (χ3v) is 4.29. The molecule has 0 bridgehead atoms. The van der Waals surface area contributed by atoms with Crippen molar-refractivity contribution in [3.63, 3.8) is 0 Å². The number of nitrogens with zero attached hydrogens (tertiary/aromatic N) is 2. The Balaban J connectivity index is 0.000000336. The molecule has 3 rings (SSSR count). The molecule has 28 heavy (non-hydrogen) atoms. The quantitative estimate of drug-likeness (QED) is 0.767. The van der Waals surface area contributed by atoms with Crippen LogP contribution in [0.25, 0.3) is 0 Å². The average molecular weight is 389 g/mol. The SMILES string of the molecule is CCCCc1nc2c(c(=O)n1CC(=O)OCC)NCCC2.Fc1ccccc1. The second kappa shape index (κ2) is 11.2. The minimum absolute atomic E-state index is 0.0618. The van der Waals surface area contributed by atoms with Crippen molar-refractivity contribution in [3.05, 3.63) is 58.0 Å². The van der Waals surface area contributed by atoms with Gasteiger partial charge in [0.05, 0.1) is 12.3 Å². The first-order chi connectivity index (χ1) is 13.6. The maximum absolute atomic E-state index is 12.6. The molecule has 1 aliphatic rings. The smallest absolute Gasteiger partial charge is 0.326 e. The summed E-state index contributed by atoms with van der Waals surface area (Å²) in [5, 5.41) is 3.11. The van der Waals surface area contributed by atoms with Crippen molar-refractivity contribution in [1.82, 2.24) is 9.55 Å². The van der Waals surface area contributed by atoms with Gasteiger partial charge in [0.25, 0.3) is 5.56 Å². The molecule has 7 heteroatoms. The second-order valence-corrected chi connectivity index (χ2v) is 6.48. The number of carbonyl (C=O) groups is 1. The van der Waals surface area contributed by atoms with Gasteiger partial charge in [0, 0.05) is 13.0 Å². The summed E-state index contributed by atoms with van der Waals surface area (Å²) in [5.41, 5.74) is 1.22. The Morgan fingerprint density at radius 3 is 2.64 bits per heavy atom. The van der Waals surface area contributed by atoms with Gasteiger partial charge in [-0.15, -0.1) is 0 Å². The zero-order valence-corrected chi connectivity index (χ0v) is 16.5. The fraction of sp³-hybridized carbons (Fsp3) is 0.476. The van der Waals surface area contributed by atoms with E-state index in [-0.39, 0.29) is 17.9 Å². The number of anilines is 1. The van der Waals surface area contributed by atoms with E-state index in [1.54, 1.807) is 25.1 Å². The summed E-state index contributed by atoms with van der Waals surface area (Å²) in [7, 11) is 0. The van der Waals surface area contributed by atoms with Crippen LogP contribution in [0, 0.1) is 5.82 Å². The summed E-state index contributed by atoms with van der Waals surface area (Å²) in [6, 6.07) is 7.94. The van der Waals surface area contributed by atoms with Crippen LogP contribution in [0.4, 0.5) is 10.1 Å². The lowest BCUT2D eigenvalue weighted by Crippen LogP contribution is -2.34. The summed E-state index contributed by atoms with van der Waals surface area (Å²) < 4.78 is 18.3. The molecule has 2 heterocycles. The number of esters is 1. The van der Waals surface area contributed by atoms with E-state index in [2.05, 4.69) is 17.2 Å². The third kappa shape index (κ3) is 6.18. The monoisotopic (exact) mass is 389 g/mol. The van der Waals surface area contributed by atoms with Crippen molar-refractivity contribution in [3.8, 4) is 0 Å². The molecule has 0 saturated heterocycles. The Kier molecular flexibility index (Phi) is 8.65. The fourth-order valence-electron chi connectivity index (χ4n) is 2.91. The van der Waals surface area contributed by atoms with Crippen LogP contribution < -0.4 is 10.9 Å². The molecule has 0 radical (unpaired) electrons. The Hall–Kier alpha value is -2.70. The number of fused-ring (bicyclic) bond motifs is 1. The van der Waals surface area contributed by atoms with Gasteiger partial charge >= 0.3 is 5.97 Å². The molecular formula is C21H28FN3O3. The second-order valence-electron chi connectivity index (χ2n) is 6.48. The van der Waals surface area contributed by atoms with Crippen molar-refractivity contribution < 1.29 is 13.9 Å². The molecule has 1 aromatic carbocycles. The lowest BCUT2D eigenvalue weighted by Gasteiger charge is -2.20. The summed E-state index contributed by atoms with van der Waals surface area (Å²) in [6.45, 7) is 4.87. The van der Waals surface area contributed by atoms with Gasteiger partial charge in [-0.2, -0.15) is 0 Å². The van der Waals surface area contributed by atoms with Crippen molar-refractivity contribution >= 4 is 11.7 Å². The molecule has 0 fully saturated rings. The van der Waals surface area contributed by atoms with E-state index in [0.29, 0.717) is 24.5 Å². The highest BCUT2D eigenvalue weighted by Gasteiger charge is 2.20. The lowest BCUT2D eigenvalue weighted by molar-refractivity contribution is -0.143. The average Bonchev–Trinajstić information content (AvgIpc) is 2.70. The molecule has 0 amide bonds. The number of ether oxygens (including phenoxy) is 1. The van der Waals surface area contributed by atoms with Gasteiger partial charge < -0.3 is 10.1 Å². The maximum Gasteiger partial charge on any atom is 0.326 e. The van der Waals surface area contributed by atoms with Gasteiger partial charge in [-0.3, -0.25) is 14.2 Å². The van der Waals surface area contributed by atoms with Crippen molar-refractivity contribution in [2.75, 3.05) is 18.5 Å². The molecule has 152 valence electrons. The van der Waals surface area contributed by atoms with Crippen LogP contribution in [0.1, 0.15) is 44.6 Å². The Bertz CT molecular complexity index is 822. The zero-order chi connectivity index (χ0) is 20.4. The molecule has 1 aromatic heterocycles. The van der Waals surface area contributed by atoms with E-state index in [1.165, 1.54) is 16.7 Å². The first-order valence-corrected chi connectivity index (χ1v) is 9.79. The van der Waals surface area contributed by atoms with E-state index in [0.717, 1.165) is 37.9 Å². The van der Waals surface area contributed by atoms with Gasteiger partial charge in [0.2, 0.25) is 0 Å². The Morgan fingerprint density at radius 2 is 2.04 bits per heavy atom. The lowest BCUT2D eigenvalue weighted by atomic mass is 10.1. The minimum Gasteiger partial charge on any atom is -0.465 e.